The molecule has 4 heteroatoms. The molecular formula is C17H21NO2S. The molecule has 3 nitrogen and oxygen atoms in total. The molecule has 1 amide bonds. The third-order valence-electron chi connectivity index (χ3n) is 3.62. The van der Waals surface area contributed by atoms with Crippen LogP contribution in [0, 0.1) is 5.92 Å². The van der Waals surface area contributed by atoms with Crippen molar-refractivity contribution >= 4 is 28.4 Å². The van der Waals surface area contributed by atoms with Crippen LogP contribution in [-0.4, -0.2) is 29.4 Å². The maximum atomic E-state index is 11.9. The summed E-state index contributed by atoms with van der Waals surface area (Å²) in [4.78, 5) is 13.0. The van der Waals surface area contributed by atoms with Gasteiger partial charge in [-0.15, -0.1) is 11.8 Å². The van der Waals surface area contributed by atoms with Crippen molar-refractivity contribution in [3.63, 3.8) is 0 Å². The predicted molar refractivity (Wildman–Crippen MR) is 88.5 cm³/mol. The summed E-state index contributed by atoms with van der Waals surface area (Å²) in [5, 5.41) is 14.4. The zero-order chi connectivity index (χ0) is 15.2. The van der Waals surface area contributed by atoms with Gasteiger partial charge in [-0.05, 0) is 35.7 Å². The standard InChI is InChI=1S/C17H21NO2S/c1-12(10-19)13(2)18-17(20)11-21-16-8-7-14-5-3-4-6-15(14)9-16/h3-9,12-13,19H,10-11H2,1-2H3,(H,18,20). The minimum Gasteiger partial charge on any atom is -0.396 e. The molecule has 0 saturated carbocycles. The van der Waals surface area contributed by atoms with Crippen LogP contribution in [0.25, 0.3) is 10.8 Å². The Kier molecular flexibility index (Phi) is 5.65. The minimum atomic E-state index is -0.0142. The molecule has 0 saturated heterocycles. The zero-order valence-electron chi connectivity index (χ0n) is 12.4. The average Bonchev–Trinajstić information content (AvgIpc) is 2.51. The number of amides is 1. The van der Waals surface area contributed by atoms with E-state index in [1.807, 2.05) is 32.0 Å². The summed E-state index contributed by atoms with van der Waals surface area (Å²) in [5.74, 6) is 0.460. The SMILES string of the molecule is CC(CO)C(C)NC(=O)CSc1ccc2ccccc2c1. The van der Waals surface area contributed by atoms with Crippen LogP contribution in [0.5, 0.6) is 0 Å². The molecule has 2 aromatic rings. The van der Waals surface area contributed by atoms with Crippen LogP contribution in [0.4, 0.5) is 0 Å². The summed E-state index contributed by atoms with van der Waals surface area (Å²) in [6.07, 6.45) is 0. The number of aliphatic hydroxyl groups excluding tert-OH is 1. The third kappa shape index (κ3) is 4.48. The number of carbonyl (C=O) groups excluding carboxylic acids is 1. The van der Waals surface area contributed by atoms with Crippen LogP contribution < -0.4 is 5.32 Å². The first kappa shape index (κ1) is 15.9. The molecule has 0 fully saturated rings. The van der Waals surface area contributed by atoms with Crippen LogP contribution in [0.2, 0.25) is 0 Å². The number of hydrogen-bond acceptors (Lipinski definition) is 3. The summed E-state index contributed by atoms with van der Waals surface area (Å²) in [7, 11) is 0. The van der Waals surface area contributed by atoms with Crippen LogP contribution in [0.1, 0.15) is 13.8 Å². The number of carbonyl (C=O) groups is 1. The van der Waals surface area contributed by atoms with E-state index in [0.29, 0.717) is 5.75 Å². The van der Waals surface area contributed by atoms with Gasteiger partial charge in [-0.2, -0.15) is 0 Å². The van der Waals surface area contributed by atoms with Crippen molar-refractivity contribution < 1.29 is 9.90 Å². The molecule has 0 aliphatic carbocycles. The van der Waals surface area contributed by atoms with Crippen molar-refractivity contribution in [2.24, 2.45) is 5.92 Å². The highest BCUT2D eigenvalue weighted by atomic mass is 32.2. The number of nitrogens with one attached hydrogen (secondary N) is 1. The van der Waals surface area contributed by atoms with Gasteiger partial charge in [-0.3, -0.25) is 4.79 Å². The lowest BCUT2D eigenvalue weighted by atomic mass is 10.1. The topological polar surface area (TPSA) is 49.3 Å². The summed E-state index contributed by atoms with van der Waals surface area (Å²) in [6, 6.07) is 14.4. The fourth-order valence-corrected chi connectivity index (χ4v) is 2.76. The van der Waals surface area contributed by atoms with Crippen molar-refractivity contribution in [2.45, 2.75) is 24.8 Å². The van der Waals surface area contributed by atoms with Crippen molar-refractivity contribution in [3.8, 4) is 0 Å². The van der Waals surface area contributed by atoms with Crippen LogP contribution in [0.15, 0.2) is 47.4 Å². The molecule has 0 aliphatic rings. The first-order valence-electron chi connectivity index (χ1n) is 7.12. The van der Waals surface area contributed by atoms with Crippen molar-refractivity contribution in [1.82, 2.24) is 5.32 Å². The largest absolute Gasteiger partial charge is 0.396 e. The second-order valence-electron chi connectivity index (χ2n) is 5.31. The van der Waals surface area contributed by atoms with Gasteiger partial charge in [0.2, 0.25) is 5.91 Å². The van der Waals surface area contributed by atoms with Gasteiger partial charge in [-0.1, -0.05) is 37.3 Å². The Morgan fingerprint density at radius 1 is 1.19 bits per heavy atom. The molecule has 2 aromatic carbocycles. The van der Waals surface area contributed by atoms with Crippen molar-refractivity contribution in [3.05, 3.63) is 42.5 Å². The van der Waals surface area contributed by atoms with Crippen LogP contribution in [0.3, 0.4) is 0 Å². The Morgan fingerprint density at radius 2 is 1.90 bits per heavy atom. The Bertz CT molecular complexity index is 615. The number of aliphatic hydroxyl groups is 1. The zero-order valence-corrected chi connectivity index (χ0v) is 13.2. The first-order valence-corrected chi connectivity index (χ1v) is 8.10. The Labute approximate surface area is 129 Å². The number of rotatable bonds is 6. The number of thioether (sulfide) groups is 1. The smallest absolute Gasteiger partial charge is 0.230 e. The van der Waals surface area contributed by atoms with Gasteiger partial charge in [0.05, 0.1) is 5.75 Å². The van der Waals surface area contributed by atoms with Crippen LogP contribution in [-0.2, 0) is 4.79 Å². The normalized spacial score (nSPS) is 13.9. The number of hydrogen-bond donors (Lipinski definition) is 2. The van der Waals surface area contributed by atoms with Crippen molar-refractivity contribution in [2.75, 3.05) is 12.4 Å². The number of fused-ring (bicyclic) bond motifs is 1. The highest BCUT2D eigenvalue weighted by molar-refractivity contribution is 8.00. The molecule has 2 rings (SSSR count). The average molecular weight is 303 g/mol. The predicted octanol–water partition coefficient (Wildman–Crippen LogP) is 3.07. The maximum absolute atomic E-state index is 11.9. The first-order chi connectivity index (χ1) is 10.1. The molecule has 0 aromatic heterocycles. The van der Waals surface area contributed by atoms with E-state index in [1.165, 1.54) is 22.5 Å². The molecular weight excluding hydrogens is 282 g/mol. The summed E-state index contributed by atoms with van der Waals surface area (Å²) < 4.78 is 0. The lowest BCUT2D eigenvalue weighted by Crippen LogP contribution is -2.39. The minimum absolute atomic E-state index is 0.000888. The summed E-state index contributed by atoms with van der Waals surface area (Å²) in [5.41, 5.74) is 0. The monoisotopic (exact) mass is 303 g/mol. The molecule has 2 atom stereocenters. The molecule has 0 spiro atoms. The fourth-order valence-electron chi connectivity index (χ4n) is 2.00. The molecule has 0 aliphatic heterocycles. The van der Waals surface area contributed by atoms with Gasteiger partial charge >= 0.3 is 0 Å². The highest BCUT2D eigenvalue weighted by Gasteiger charge is 2.13. The Balaban J connectivity index is 1.90. The Morgan fingerprint density at radius 3 is 2.62 bits per heavy atom. The maximum Gasteiger partial charge on any atom is 0.230 e. The van der Waals surface area contributed by atoms with Crippen molar-refractivity contribution in [1.29, 1.82) is 0 Å². The molecule has 2 unspecified atom stereocenters. The molecule has 112 valence electrons. The fraction of sp³-hybridized carbons (Fsp3) is 0.353. The van der Waals surface area contributed by atoms with E-state index < -0.39 is 0 Å². The second-order valence-corrected chi connectivity index (χ2v) is 6.36. The van der Waals surface area contributed by atoms with Gasteiger partial charge < -0.3 is 10.4 Å². The van der Waals surface area contributed by atoms with Gasteiger partial charge in [0.1, 0.15) is 0 Å². The highest BCUT2D eigenvalue weighted by Crippen LogP contribution is 2.23. The van der Waals surface area contributed by atoms with Crippen LogP contribution >= 0.6 is 11.8 Å². The molecule has 0 bridgehead atoms. The lowest BCUT2D eigenvalue weighted by molar-refractivity contribution is -0.119. The van der Waals surface area contributed by atoms with E-state index >= 15 is 0 Å². The quantitative estimate of drug-likeness (QED) is 0.806. The van der Waals surface area contributed by atoms with Gasteiger partial charge in [0, 0.05) is 17.5 Å². The van der Waals surface area contributed by atoms with Gasteiger partial charge in [0.15, 0.2) is 0 Å². The van der Waals surface area contributed by atoms with E-state index in [-0.39, 0.29) is 24.5 Å². The molecule has 2 N–H and O–H groups in total. The molecule has 0 radical (unpaired) electrons. The Hall–Kier alpha value is -1.52. The third-order valence-corrected chi connectivity index (χ3v) is 4.61. The lowest BCUT2D eigenvalue weighted by Gasteiger charge is -2.19. The molecule has 21 heavy (non-hydrogen) atoms. The van der Waals surface area contributed by atoms with Gasteiger partial charge in [0.25, 0.3) is 0 Å². The van der Waals surface area contributed by atoms with E-state index in [0.717, 1.165) is 4.90 Å². The second kappa shape index (κ2) is 7.48. The van der Waals surface area contributed by atoms with E-state index in [9.17, 15) is 4.79 Å². The summed E-state index contributed by atoms with van der Waals surface area (Å²) >= 11 is 1.53. The van der Waals surface area contributed by atoms with Gasteiger partial charge in [-0.25, -0.2) is 0 Å². The van der Waals surface area contributed by atoms with E-state index in [1.54, 1.807) is 0 Å². The van der Waals surface area contributed by atoms with E-state index in [2.05, 4.69) is 29.6 Å². The summed E-state index contributed by atoms with van der Waals surface area (Å²) in [6.45, 7) is 3.92. The molecule has 0 heterocycles. The van der Waals surface area contributed by atoms with E-state index in [4.69, 9.17) is 5.11 Å². The number of benzene rings is 2.